The molecule has 0 bridgehead atoms. The monoisotopic (exact) mass is 308 g/mol. The molecule has 9 heteroatoms. The number of anilines is 2. The lowest BCUT2D eigenvalue weighted by Gasteiger charge is -2.25. The molecule has 0 aliphatic carbocycles. The molecule has 1 fully saturated rings. The number of carbonyl (C=O) groups is 1. The first kappa shape index (κ1) is 13.8. The van der Waals surface area contributed by atoms with Crippen LogP contribution in [0.2, 0.25) is 0 Å². The van der Waals surface area contributed by atoms with E-state index in [1.54, 1.807) is 0 Å². The number of amides is 1. The number of rotatable bonds is 4. The minimum atomic E-state index is -0.266. The molecule has 3 N–H and O–H groups in total. The van der Waals surface area contributed by atoms with Gasteiger partial charge in [-0.05, 0) is 19.3 Å². The van der Waals surface area contributed by atoms with Crippen LogP contribution in [0.25, 0.3) is 0 Å². The third kappa shape index (κ3) is 3.13. The average molecular weight is 308 g/mol. The number of piperidine rings is 1. The summed E-state index contributed by atoms with van der Waals surface area (Å²) in [5.74, 6) is 0.423. The summed E-state index contributed by atoms with van der Waals surface area (Å²) in [6.07, 6.45) is 4.77. The SMILES string of the molecule is Nc1nc(N2CCCCC2)sc1C(=O)NCc1ncon1. The van der Waals surface area contributed by atoms with Crippen molar-refractivity contribution in [3.8, 4) is 0 Å². The third-order valence-electron chi connectivity index (χ3n) is 3.29. The standard InChI is InChI=1S/C12H16N6O2S/c13-10-9(11(19)14-6-8-15-7-20-17-8)21-12(16-10)18-4-2-1-3-5-18/h7H,1-6,13H2,(H,14,19). The second-order valence-corrected chi connectivity index (χ2v) is 5.77. The van der Waals surface area contributed by atoms with Crippen LogP contribution < -0.4 is 16.0 Å². The zero-order chi connectivity index (χ0) is 14.7. The Balaban J connectivity index is 1.66. The van der Waals surface area contributed by atoms with Crippen LogP contribution in [0.3, 0.4) is 0 Å². The van der Waals surface area contributed by atoms with Gasteiger partial charge in [0.2, 0.25) is 6.39 Å². The fourth-order valence-electron chi connectivity index (χ4n) is 2.21. The van der Waals surface area contributed by atoms with E-state index in [0.717, 1.165) is 31.1 Å². The van der Waals surface area contributed by atoms with E-state index in [4.69, 9.17) is 5.73 Å². The Morgan fingerprint density at radius 2 is 2.24 bits per heavy atom. The van der Waals surface area contributed by atoms with Gasteiger partial charge in [0.15, 0.2) is 11.0 Å². The van der Waals surface area contributed by atoms with Crippen molar-refractivity contribution < 1.29 is 9.32 Å². The molecular formula is C12H16N6O2S. The van der Waals surface area contributed by atoms with Gasteiger partial charge in [-0.25, -0.2) is 4.98 Å². The molecule has 8 nitrogen and oxygen atoms in total. The van der Waals surface area contributed by atoms with Crippen LogP contribution in [0.4, 0.5) is 10.9 Å². The summed E-state index contributed by atoms with van der Waals surface area (Å²) in [6.45, 7) is 2.14. The molecule has 1 amide bonds. The lowest BCUT2D eigenvalue weighted by Crippen LogP contribution is -2.29. The lowest BCUT2D eigenvalue weighted by molar-refractivity contribution is 0.0954. The zero-order valence-electron chi connectivity index (χ0n) is 11.4. The van der Waals surface area contributed by atoms with Gasteiger partial charge in [-0.3, -0.25) is 4.79 Å². The third-order valence-corrected chi connectivity index (χ3v) is 4.42. The fraction of sp³-hybridized carbons (Fsp3) is 0.500. The Bertz CT molecular complexity index is 605. The Morgan fingerprint density at radius 1 is 1.43 bits per heavy atom. The van der Waals surface area contributed by atoms with E-state index in [-0.39, 0.29) is 18.3 Å². The highest BCUT2D eigenvalue weighted by molar-refractivity contribution is 7.18. The Hall–Kier alpha value is -2.16. The second-order valence-electron chi connectivity index (χ2n) is 4.79. The van der Waals surface area contributed by atoms with Gasteiger partial charge in [0.1, 0.15) is 10.7 Å². The molecule has 0 radical (unpaired) electrons. The molecule has 1 aliphatic heterocycles. The van der Waals surface area contributed by atoms with Gasteiger partial charge in [0.25, 0.3) is 5.91 Å². The van der Waals surface area contributed by atoms with E-state index in [9.17, 15) is 4.79 Å². The number of thiazole rings is 1. The number of nitrogens with one attached hydrogen (secondary N) is 1. The molecule has 0 saturated carbocycles. The Morgan fingerprint density at radius 3 is 2.95 bits per heavy atom. The normalized spacial score (nSPS) is 15.1. The van der Waals surface area contributed by atoms with E-state index in [2.05, 4.69) is 29.9 Å². The fourth-order valence-corrected chi connectivity index (χ4v) is 3.17. The molecule has 21 heavy (non-hydrogen) atoms. The molecule has 2 aromatic rings. The molecule has 0 aromatic carbocycles. The van der Waals surface area contributed by atoms with Crippen LogP contribution in [0, 0.1) is 0 Å². The highest BCUT2D eigenvalue weighted by Crippen LogP contribution is 2.29. The maximum absolute atomic E-state index is 12.1. The minimum Gasteiger partial charge on any atom is -0.382 e. The van der Waals surface area contributed by atoms with E-state index in [1.165, 1.54) is 24.2 Å². The quantitative estimate of drug-likeness (QED) is 0.867. The van der Waals surface area contributed by atoms with Crippen molar-refractivity contribution in [1.29, 1.82) is 0 Å². The van der Waals surface area contributed by atoms with Crippen molar-refractivity contribution in [3.05, 3.63) is 17.1 Å². The van der Waals surface area contributed by atoms with Gasteiger partial charge in [-0.15, -0.1) is 0 Å². The molecule has 3 heterocycles. The lowest BCUT2D eigenvalue weighted by atomic mass is 10.1. The summed E-state index contributed by atoms with van der Waals surface area (Å²) in [6, 6.07) is 0. The number of hydrogen-bond acceptors (Lipinski definition) is 8. The van der Waals surface area contributed by atoms with Crippen molar-refractivity contribution >= 4 is 28.2 Å². The van der Waals surface area contributed by atoms with E-state index in [1.807, 2.05) is 0 Å². The second kappa shape index (κ2) is 6.08. The summed E-state index contributed by atoms with van der Waals surface area (Å²) >= 11 is 1.32. The number of hydrogen-bond donors (Lipinski definition) is 2. The molecule has 112 valence electrons. The maximum atomic E-state index is 12.1. The van der Waals surface area contributed by atoms with Crippen LogP contribution >= 0.6 is 11.3 Å². The van der Waals surface area contributed by atoms with Crippen molar-refractivity contribution in [1.82, 2.24) is 20.4 Å². The highest BCUT2D eigenvalue weighted by atomic mass is 32.1. The Kier molecular flexibility index (Phi) is 4.00. The predicted molar refractivity (Wildman–Crippen MR) is 78.1 cm³/mol. The largest absolute Gasteiger partial charge is 0.382 e. The van der Waals surface area contributed by atoms with E-state index >= 15 is 0 Å². The number of nitrogen functional groups attached to an aromatic ring is 1. The number of carbonyl (C=O) groups excluding carboxylic acids is 1. The van der Waals surface area contributed by atoms with Gasteiger partial charge in [0, 0.05) is 13.1 Å². The topological polar surface area (TPSA) is 110 Å². The van der Waals surface area contributed by atoms with Gasteiger partial charge in [0.05, 0.1) is 6.54 Å². The summed E-state index contributed by atoms with van der Waals surface area (Å²) in [5, 5.41) is 7.15. The van der Waals surface area contributed by atoms with Gasteiger partial charge >= 0.3 is 0 Å². The Labute approximate surface area is 125 Å². The van der Waals surface area contributed by atoms with E-state index < -0.39 is 0 Å². The molecule has 0 atom stereocenters. The van der Waals surface area contributed by atoms with Crippen LogP contribution in [0.5, 0.6) is 0 Å². The van der Waals surface area contributed by atoms with Crippen LogP contribution in [-0.2, 0) is 6.54 Å². The number of aromatic nitrogens is 3. The van der Waals surface area contributed by atoms with Gasteiger partial charge < -0.3 is 20.5 Å². The van der Waals surface area contributed by atoms with Crippen molar-refractivity contribution in [2.75, 3.05) is 23.7 Å². The maximum Gasteiger partial charge on any atom is 0.265 e. The smallest absolute Gasteiger partial charge is 0.265 e. The van der Waals surface area contributed by atoms with Crippen molar-refractivity contribution in [2.24, 2.45) is 0 Å². The van der Waals surface area contributed by atoms with Crippen molar-refractivity contribution in [2.45, 2.75) is 25.8 Å². The molecule has 2 aromatic heterocycles. The van der Waals surface area contributed by atoms with Gasteiger partial charge in [-0.1, -0.05) is 16.5 Å². The number of nitrogens with two attached hydrogens (primary N) is 1. The molecular weight excluding hydrogens is 292 g/mol. The molecule has 1 aliphatic rings. The minimum absolute atomic E-state index is 0.200. The van der Waals surface area contributed by atoms with E-state index in [0.29, 0.717) is 10.7 Å². The summed E-state index contributed by atoms with van der Waals surface area (Å²) in [5.41, 5.74) is 5.86. The number of nitrogens with zero attached hydrogens (tertiary/aromatic N) is 4. The highest BCUT2D eigenvalue weighted by Gasteiger charge is 2.21. The molecule has 3 rings (SSSR count). The van der Waals surface area contributed by atoms with Crippen LogP contribution in [0.15, 0.2) is 10.9 Å². The average Bonchev–Trinajstić information content (AvgIpc) is 3.15. The zero-order valence-corrected chi connectivity index (χ0v) is 12.2. The van der Waals surface area contributed by atoms with Crippen LogP contribution in [0.1, 0.15) is 34.8 Å². The van der Waals surface area contributed by atoms with Gasteiger partial charge in [-0.2, -0.15) is 4.98 Å². The predicted octanol–water partition coefficient (Wildman–Crippen LogP) is 1.03. The summed E-state index contributed by atoms with van der Waals surface area (Å²) in [4.78, 5) is 22.9. The van der Waals surface area contributed by atoms with Crippen LogP contribution in [-0.4, -0.2) is 34.1 Å². The molecule has 0 unspecified atom stereocenters. The first-order valence-corrected chi connectivity index (χ1v) is 7.60. The first-order valence-electron chi connectivity index (χ1n) is 6.79. The molecule has 1 saturated heterocycles. The van der Waals surface area contributed by atoms with Crippen molar-refractivity contribution in [3.63, 3.8) is 0 Å². The molecule has 0 spiro atoms. The summed E-state index contributed by atoms with van der Waals surface area (Å²) < 4.78 is 4.61. The summed E-state index contributed by atoms with van der Waals surface area (Å²) in [7, 11) is 0. The first-order chi connectivity index (χ1) is 10.2.